The standard InChI is InChI=1S/C13H19ClN2O/c1-9-5-6-12(15)10(2)11(9)8-16-13(17)4-3-7-14/h5-6H,3-4,7-8,15H2,1-2H3,(H,16,17). The number of nitrogen functional groups attached to an aromatic ring is 1. The lowest BCUT2D eigenvalue weighted by molar-refractivity contribution is -0.121. The van der Waals surface area contributed by atoms with E-state index in [-0.39, 0.29) is 5.91 Å². The predicted octanol–water partition coefficient (Wildman–Crippen LogP) is 2.52. The zero-order valence-electron chi connectivity index (χ0n) is 10.3. The molecule has 0 atom stereocenters. The Hall–Kier alpha value is -1.22. The SMILES string of the molecule is Cc1ccc(N)c(C)c1CNC(=O)CCCCl. The van der Waals surface area contributed by atoms with Gasteiger partial charge in [0.05, 0.1) is 0 Å². The van der Waals surface area contributed by atoms with E-state index < -0.39 is 0 Å². The van der Waals surface area contributed by atoms with Gasteiger partial charge in [0.2, 0.25) is 5.91 Å². The lowest BCUT2D eigenvalue weighted by atomic mass is 10.0. The van der Waals surface area contributed by atoms with E-state index in [1.54, 1.807) is 0 Å². The number of amides is 1. The number of hydrogen-bond acceptors (Lipinski definition) is 2. The Morgan fingerprint density at radius 3 is 2.76 bits per heavy atom. The molecule has 0 radical (unpaired) electrons. The number of halogens is 1. The number of aryl methyl sites for hydroxylation is 1. The van der Waals surface area contributed by atoms with Crippen molar-refractivity contribution in [2.45, 2.75) is 33.2 Å². The van der Waals surface area contributed by atoms with Gasteiger partial charge in [-0.25, -0.2) is 0 Å². The van der Waals surface area contributed by atoms with Crippen LogP contribution in [0.2, 0.25) is 0 Å². The second-order valence-corrected chi connectivity index (χ2v) is 4.52. The first-order valence-electron chi connectivity index (χ1n) is 5.73. The largest absolute Gasteiger partial charge is 0.399 e. The summed E-state index contributed by atoms with van der Waals surface area (Å²) in [6.45, 7) is 4.53. The quantitative estimate of drug-likeness (QED) is 0.627. The van der Waals surface area contributed by atoms with Crippen LogP contribution >= 0.6 is 11.6 Å². The second kappa shape index (κ2) is 6.50. The van der Waals surface area contributed by atoms with Crippen LogP contribution in [0.25, 0.3) is 0 Å². The molecule has 1 rings (SSSR count). The number of alkyl halides is 1. The maximum absolute atomic E-state index is 11.5. The molecular formula is C13H19ClN2O. The topological polar surface area (TPSA) is 55.1 Å². The minimum absolute atomic E-state index is 0.0341. The van der Waals surface area contributed by atoms with Crippen LogP contribution in [0.3, 0.4) is 0 Å². The highest BCUT2D eigenvalue weighted by molar-refractivity contribution is 6.17. The maximum atomic E-state index is 11.5. The van der Waals surface area contributed by atoms with E-state index in [1.165, 1.54) is 0 Å². The van der Waals surface area contributed by atoms with E-state index in [0.29, 0.717) is 25.3 Å². The van der Waals surface area contributed by atoms with Gasteiger partial charge < -0.3 is 11.1 Å². The molecule has 4 heteroatoms. The van der Waals surface area contributed by atoms with Crippen molar-refractivity contribution in [3.8, 4) is 0 Å². The van der Waals surface area contributed by atoms with Gasteiger partial charge in [0.1, 0.15) is 0 Å². The van der Waals surface area contributed by atoms with Crippen LogP contribution in [0.4, 0.5) is 5.69 Å². The molecule has 0 aromatic heterocycles. The van der Waals surface area contributed by atoms with Crippen LogP contribution in [0.15, 0.2) is 12.1 Å². The molecule has 0 bridgehead atoms. The summed E-state index contributed by atoms with van der Waals surface area (Å²) in [6.07, 6.45) is 1.19. The van der Waals surface area contributed by atoms with E-state index in [0.717, 1.165) is 22.4 Å². The normalized spacial score (nSPS) is 10.3. The number of nitrogens with one attached hydrogen (secondary N) is 1. The van der Waals surface area contributed by atoms with Crippen LogP contribution in [-0.2, 0) is 11.3 Å². The molecule has 1 aromatic rings. The monoisotopic (exact) mass is 254 g/mol. The molecule has 0 saturated heterocycles. The van der Waals surface area contributed by atoms with Gasteiger partial charge in [0, 0.05) is 24.5 Å². The van der Waals surface area contributed by atoms with Crippen molar-refractivity contribution in [1.29, 1.82) is 0 Å². The smallest absolute Gasteiger partial charge is 0.220 e. The molecule has 0 saturated carbocycles. The van der Waals surface area contributed by atoms with Crippen molar-refractivity contribution in [2.75, 3.05) is 11.6 Å². The van der Waals surface area contributed by atoms with Crippen molar-refractivity contribution in [3.05, 3.63) is 28.8 Å². The zero-order chi connectivity index (χ0) is 12.8. The van der Waals surface area contributed by atoms with Gasteiger partial charge in [0.25, 0.3) is 0 Å². The summed E-state index contributed by atoms with van der Waals surface area (Å²) in [5, 5.41) is 2.89. The third-order valence-corrected chi connectivity index (χ3v) is 3.14. The van der Waals surface area contributed by atoms with Gasteiger partial charge in [0.15, 0.2) is 0 Å². The first-order valence-corrected chi connectivity index (χ1v) is 6.27. The predicted molar refractivity (Wildman–Crippen MR) is 72.1 cm³/mol. The summed E-state index contributed by atoms with van der Waals surface area (Å²) in [5.41, 5.74) is 9.90. The molecule has 3 nitrogen and oxygen atoms in total. The van der Waals surface area contributed by atoms with Gasteiger partial charge >= 0.3 is 0 Å². The molecular weight excluding hydrogens is 236 g/mol. The number of carbonyl (C=O) groups is 1. The molecule has 1 amide bonds. The molecule has 94 valence electrons. The summed E-state index contributed by atoms with van der Waals surface area (Å²) >= 11 is 5.54. The van der Waals surface area contributed by atoms with E-state index >= 15 is 0 Å². The van der Waals surface area contributed by atoms with Gasteiger partial charge in [-0.2, -0.15) is 0 Å². The Morgan fingerprint density at radius 1 is 1.41 bits per heavy atom. The van der Waals surface area contributed by atoms with Gasteiger partial charge in [-0.3, -0.25) is 4.79 Å². The van der Waals surface area contributed by atoms with Crippen LogP contribution in [0.1, 0.15) is 29.5 Å². The summed E-state index contributed by atoms with van der Waals surface area (Å²) < 4.78 is 0. The molecule has 0 spiro atoms. The Labute approximate surface area is 107 Å². The molecule has 0 aliphatic heterocycles. The van der Waals surface area contributed by atoms with E-state index in [1.807, 2.05) is 26.0 Å². The molecule has 0 unspecified atom stereocenters. The molecule has 3 N–H and O–H groups in total. The van der Waals surface area contributed by atoms with Gasteiger partial charge in [-0.1, -0.05) is 6.07 Å². The van der Waals surface area contributed by atoms with E-state index in [9.17, 15) is 4.79 Å². The van der Waals surface area contributed by atoms with Gasteiger partial charge in [-0.05, 0) is 43.0 Å². The first kappa shape index (κ1) is 13.8. The highest BCUT2D eigenvalue weighted by atomic mass is 35.5. The number of hydrogen-bond donors (Lipinski definition) is 2. The minimum Gasteiger partial charge on any atom is -0.399 e. The lowest BCUT2D eigenvalue weighted by Gasteiger charge is -2.13. The highest BCUT2D eigenvalue weighted by Gasteiger charge is 2.07. The van der Waals surface area contributed by atoms with Crippen molar-refractivity contribution >= 4 is 23.2 Å². The summed E-state index contributed by atoms with van der Waals surface area (Å²) in [7, 11) is 0. The second-order valence-electron chi connectivity index (χ2n) is 4.14. The van der Waals surface area contributed by atoms with Crippen molar-refractivity contribution in [3.63, 3.8) is 0 Å². The fourth-order valence-corrected chi connectivity index (χ4v) is 1.82. The first-order chi connectivity index (χ1) is 8.06. The fraction of sp³-hybridized carbons (Fsp3) is 0.462. The molecule has 0 fully saturated rings. The number of anilines is 1. The Bertz CT molecular complexity index is 405. The van der Waals surface area contributed by atoms with Crippen LogP contribution in [-0.4, -0.2) is 11.8 Å². The third kappa shape index (κ3) is 3.93. The number of nitrogens with two attached hydrogens (primary N) is 1. The number of carbonyl (C=O) groups excluding carboxylic acids is 1. The highest BCUT2D eigenvalue weighted by Crippen LogP contribution is 2.19. The lowest BCUT2D eigenvalue weighted by Crippen LogP contribution is -2.23. The van der Waals surface area contributed by atoms with Crippen molar-refractivity contribution < 1.29 is 4.79 Å². The Kier molecular flexibility index (Phi) is 5.29. The van der Waals surface area contributed by atoms with Gasteiger partial charge in [-0.15, -0.1) is 11.6 Å². The van der Waals surface area contributed by atoms with Crippen molar-refractivity contribution in [1.82, 2.24) is 5.32 Å². The average Bonchev–Trinajstić information content (AvgIpc) is 2.31. The van der Waals surface area contributed by atoms with Crippen LogP contribution in [0, 0.1) is 13.8 Å². The van der Waals surface area contributed by atoms with E-state index in [4.69, 9.17) is 17.3 Å². The zero-order valence-corrected chi connectivity index (χ0v) is 11.1. The fourth-order valence-electron chi connectivity index (χ4n) is 1.69. The van der Waals surface area contributed by atoms with E-state index in [2.05, 4.69) is 5.32 Å². The molecule has 0 aliphatic carbocycles. The van der Waals surface area contributed by atoms with Crippen LogP contribution < -0.4 is 11.1 Å². The Morgan fingerprint density at radius 2 is 2.12 bits per heavy atom. The number of rotatable bonds is 5. The summed E-state index contributed by atoms with van der Waals surface area (Å²) in [4.78, 5) is 11.5. The minimum atomic E-state index is 0.0341. The molecule has 17 heavy (non-hydrogen) atoms. The van der Waals surface area contributed by atoms with Crippen molar-refractivity contribution in [2.24, 2.45) is 0 Å². The third-order valence-electron chi connectivity index (χ3n) is 2.87. The Balaban J connectivity index is 2.63. The number of benzene rings is 1. The molecule has 1 aromatic carbocycles. The van der Waals surface area contributed by atoms with Crippen LogP contribution in [0.5, 0.6) is 0 Å². The summed E-state index contributed by atoms with van der Waals surface area (Å²) in [5.74, 6) is 0.552. The molecule has 0 aliphatic rings. The molecule has 0 heterocycles. The maximum Gasteiger partial charge on any atom is 0.220 e. The average molecular weight is 255 g/mol. The summed E-state index contributed by atoms with van der Waals surface area (Å²) in [6, 6.07) is 3.87.